The first-order valence-corrected chi connectivity index (χ1v) is 8.62. The SMILES string of the molecule is Cc1ccc(CN(C)Cc2cc(=O)oc3cc(C)c(C)cc23)c(C)c1. The molecule has 25 heavy (non-hydrogen) atoms. The van der Waals surface area contributed by atoms with Crippen molar-refractivity contribution >= 4 is 11.0 Å². The number of benzene rings is 2. The second kappa shape index (κ2) is 6.85. The van der Waals surface area contributed by atoms with E-state index in [-0.39, 0.29) is 5.63 Å². The van der Waals surface area contributed by atoms with E-state index in [0.29, 0.717) is 12.1 Å². The molecule has 0 saturated carbocycles. The molecule has 0 N–H and O–H groups in total. The molecule has 3 aromatic rings. The third-order valence-corrected chi connectivity index (χ3v) is 4.82. The van der Waals surface area contributed by atoms with Crippen LogP contribution in [0.2, 0.25) is 0 Å². The number of hydrogen-bond donors (Lipinski definition) is 0. The van der Waals surface area contributed by atoms with Crippen LogP contribution < -0.4 is 5.63 Å². The van der Waals surface area contributed by atoms with Crippen LogP contribution in [0.25, 0.3) is 11.0 Å². The molecule has 0 unspecified atom stereocenters. The fourth-order valence-corrected chi connectivity index (χ4v) is 3.27. The minimum atomic E-state index is -0.286. The zero-order valence-electron chi connectivity index (χ0n) is 15.6. The summed E-state index contributed by atoms with van der Waals surface area (Å²) in [6.07, 6.45) is 0. The summed E-state index contributed by atoms with van der Waals surface area (Å²) < 4.78 is 5.40. The Morgan fingerprint density at radius 2 is 1.52 bits per heavy atom. The molecule has 3 rings (SSSR count). The maximum atomic E-state index is 11.9. The highest BCUT2D eigenvalue weighted by Gasteiger charge is 2.11. The predicted octanol–water partition coefficient (Wildman–Crippen LogP) is 4.66. The summed E-state index contributed by atoms with van der Waals surface area (Å²) in [5, 5.41) is 1.02. The van der Waals surface area contributed by atoms with Gasteiger partial charge < -0.3 is 4.42 Å². The van der Waals surface area contributed by atoms with Crippen LogP contribution in [0.15, 0.2) is 45.6 Å². The molecule has 0 saturated heterocycles. The molecule has 2 aromatic carbocycles. The molecule has 0 amide bonds. The average Bonchev–Trinajstić information content (AvgIpc) is 2.52. The summed E-state index contributed by atoms with van der Waals surface area (Å²) in [5.41, 5.74) is 7.64. The van der Waals surface area contributed by atoms with E-state index < -0.39 is 0 Å². The van der Waals surface area contributed by atoms with Crippen LogP contribution in [0.4, 0.5) is 0 Å². The van der Waals surface area contributed by atoms with Gasteiger partial charge in [0.2, 0.25) is 0 Å². The normalized spacial score (nSPS) is 11.4. The summed E-state index contributed by atoms with van der Waals surface area (Å²) in [4.78, 5) is 14.2. The highest BCUT2D eigenvalue weighted by atomic mass is 16.4. The Bertz CT molecular complexity index is 985. The van der Waals surface area contributed by atoms with E-state index in [9.17, 15) is 4.79 Å². The van der Waals surface area contributed by atoms with E-state index in [4.69, 9.17) is 4.42 Å². The minimum absolute atomic E-state index is 0.286. The summed E-state index contributed by atoms with van der Waals surface area (Å²) in [6.45, 7) is 9.93. The zero-order chi connectivity index (χ0) is 18.1. The molecule has 0 spiro atoms. The van der Waals surface area contributed by atoms with E-state index in [1.54, 1.807) is 6.07 Å². The summed E-state index contributed by atoms with van der Waals surface area (Å²) in [7, 11) is 2.08. The van der Waals surface area contributed by atoms with Crippen molar-refractivity contribution in [2.24, 2.45) is 0 Å². The molecular weight excluding hydrogens is 310 g/mol. The molecule has 130 valence electrons. The lowest BCUT2D eigenvalue weighted by atomic mass is 10.0. The van der Waals surface area contributed by atoms with Crippen molar-refractivity contribution in [3.05, 3.63) is 80.2 Å². The Kier molecular flexibility index (Phi) is 4.78. The largest absolute Gasteiger partial charge is 0.423 e. The topological polar surface area (TPSA) is 33.5 Å². The summed E-state index contributed by atoms with van der Waals surface area (Å²) >= 11 is 0. The Morgan fingerprint density at radius 1 is 0.840 bits per heavy atom. The quantitative estimate of drug-likeness (QED) is 0.650. The molecule has 0 atom stereocenters. The minimum Gasteiger partial charge on any atom is -0.423 e. The molecule has 3 heteroatoms. The van der Waals surface area contributed by atoms with Crippen molar-refractivity contribution in [2.45, 2.75) is 40.8 Å². The standard InChI is InChI=1S/C22H25NO2/c1-14-6-7-18(17(4)8-14)12-23(5)13-19-11-22(24)25-21-10-16(3)15(2)9-20(19)21/h6-11H,12-13H2,1-5H3. The van der Waals surface area contributed by atoms with Crippen LogP contribution in [0, 0.1) is 27.7 Å². The third-order valence-electron chi connectivity index (χ3n) is 4.82. The number of hydrogen-bond acceptors (Lipinski definition) is 3. The highest BCUT2D eigenvalue weighted by Crippen LogP contribution is 2.23. The van der Waals surface area contributed by atoms with Crippen LogP contribution in [-0.2, 0) is 13.1 Å². The molecule has 0 aliphatic heterocycles. The van der Waals surface area contributed by atoms with Gasteiger partial charge in [0, 0.05) is 24.5 Å². The van der Waals surface area contributed by atoms with Crippen LogP contribution in [-0.4, -0.2) is 11.9 Å². The lowest BCUT2D eigenvalue weighted by molar-refractivity contribution is 0.318. The van der Waals surface area contributed by atoms with Gasteiger partial charge in [-0.15, -0.1) is 0 Å². The van der Waals surface area contributed by atoms with Crippen LogP contribution >= 0.6 is 0 Å². The van der Waals surface area contributed by atoms with Crippen molar-refractivity contribution in [3.63, 3.8) is 0 Å². The molecule has 1 aromatic heterocycles. The van der Waals surface area contributed by atoms with E-state index in [2.05, 4.69) is 57.0 Å². The molecule has 0 aliphatic rings. The van der Waals surface area contributed by atoms with Gasteiger partial charge in [0.25, 0.3) is 0 Å². The second-order valence-corrected chi connectivity index (χ2v) is 7.13. The summed E-state index contributed by atoms with van der Waals surface area (Å²) in [5.74, 6) is 0. The van der Waals surface area contributed by atoms with E-state index in [0.717, 1.165) is 23.1 Å². The number of rotatable bonds is 4. The van der Waals surface area contributed by atoms with Crippen LogP contribution in [0.3, 0.4) is 0 Å². The van der Waals surface area contributed by atoms with Crippen molar-refractivity contribution in [3.8, 4) is 0 Å². The molecular formula is C22H25NO2. The number of aryl methyl sites for hydroxylation is 4. The monoisotopic (exact) mass is 335 g/mol. The van der Waals surface area contributed by atoms with E-state index in [1.165, 1.54) is 22.3 Å². The highest BCUT2D eigenvalue weighted by molar-refractivity contribution is 5.81. The van der Waals surface area contributed by atoms with Gasteiger partial charge in [0.15, 0.2) is 0 Å². The molecule has 3 nitrogen and oxygen atoms in total. The van der Waals surface area contributed by atoms with Gasteiger partial charge in [-0.05, 0) is 74.7 Å². The van der Waals surface area contributed by atoms with Gasteiger partial charge in [-0.2, -0.15) is 0 Å². The van der Waals surface area contributed by atoms with Crippen molar-refractivity contribution < 1.29 is 4.42 Å². The maximum Gasteiger partial charge on any atom is 0.336 e. The molecule has 0 fully saturated rings. The lowest BCUT2D eigenvalue weighted by Gasteiger charge is -2.19. The molecule has 1 heterocycles. The number of nitrogens with zero attached hydrogens (tertiary/aromatic N) is 1. The fraction of sp³-hybridized carbons (Fsp3) is 0.318. The Morgan fingerprint density at radius 3 is 2.24 bits per heavy atom. The van der Waals surface area contributed by atoms with E-state index in [1.807, 2.05) is 13.0 Å². The first-order chi connectivity index (χ1) is 11.8. The predicted molar refractivity (Wildman–Crippen MR) is 103 cm³/mol. The van der Waals surface area contributed by atoms with Crippen molar-refractivity contribution in [2.75, 3.05) is 7.05 Å². The zero-order valence-corrected chi connectivity index (χ0v) is 15.6. The lowest BCUT2D eigenvalue weighted by Crippen LogP contribution is -2.19. The molecule has 0 bridgehead atoms. The van der Waals surface area contributed by atoms with Gasteiger partial charge in [0.05, 0.1) is 0 Å². The smallest absolute Gasteiger partial charge is 0.336 e. The second-order valence-electron chi connectivity index (χ2n) is 7.13. The first kappa shape index (κ1) is 17.4. The number of fused-ring (bicyclic) bond motifs is 1. The van der Waals surface area contributed by atoms with Crippen molar-refractivity contribution in [1.82, 2.24) is 4.90 Å². The fourth-order valence-electron chi connectivity index (χ4n) is 3.27. The Balaban J connectivity index is 1.91. The first-order valence-electron chi connectivity index (χ1n) is 8.62. The van der Waals surface area contributed by atoms with Gasteiger partial charge >= 0.3 is 5.63 Å². The molecule has 0 radical (unpaired) electrons. The summed E-state index contributed by atoms with van der Waals surface area (Å²) in [6, 6.07) is 12.2. The molecule has 0 aliphatic carbocycles. The maximum absolute atomic E-state index is 11.9. The van der Waals surface area contributed by atoms with Gasteiger partial charge in [-0.3, -0.25) is 4.90 Å². The van der Waals surface area contributed by atoms with Gasteiger partial charge in [0.1, 0.15) is 5.58 Å². The van der Waals surface area contributed by atoms with Gasteiger partial charge in [-0.25, -0.2) is 4.79 Å². The Hall–Kier alpha value is -2.39. The Labute approximate surface area is 148 Å². The van der Waals surface area contributed by atoms with Gasteiger partial charge in [-0.1, -0.05) is 23.8 Å². The van der Waals surface area contributed by atoms with Crippen LogP contribution in [0.5, 0.6) is 0 Å². The average molecular weight is 335 g/mol. The third kappa shape index (κ3) is 3.83. The van der Waals surface area contributed by atoms with Crippen LogP contribution in [0.1, 0.15) is 33.4 Å². The van der Waals surface area contributed by atoms with Crippen molar-refractivity contribution in [1.29, 1.82) is 0 Å². The van der Waals surface area contributed by atoms with E-state index >= 15 is 0 Å².